The average Bonchev–Trinajstić information content (AvgIpc) is 2.68. The Morgan fingerprint density at radius 2 is 1.28 bits per heavy atom. The van der Waals surface area contributed by atoms with Gasteiger partial charge in [0.05, 0.1) is 0 Å². The normalized spacial score (nSPS) is 20.7. The Hall–Kier alpha value is -1.12. The van der Waals surface area contributed by atoms with Crippen LogP contribution in [0.2, 0.25) is 0 Å². The monoisotopic (exact) mass is 399 g/mol. The fourth-order valence-electron chi connectivity index (χ4n) is 4.11. The summed E-state index contributed by atoms with van der Waals surface area (Å²) in [5, 5.41) is 1.15. The second-order valence-electron chi connectivity index (χ2n) is 7.38. The SMILES string of the molecule is BrCCCC1CCC(N(Cc2ccccc2)Cc2ccccc2)CC1. The van der Waals surface area contributed by atoms with Gasteiger partial charge in [-0.3, -0.25) is 4.90 Å². The van der Waals surface area contributed by atoms with Crippen molar-refractivity contribution in [1.82, 2.24) is 4.90 Å². The van der Waals surface area contributed by atoms with E-state index in [2.05, 4.69) is 81.5 Å². The number of rotatable bonds is 8. The highest BCUT2D eigenvalue weighted by atomic mass is 79.9. The second kappa shape index (κ2) is 10.1. The van der Waals surface area contributed by atoms with E-state index >= 15 is 0 Å². The molecule has 1 aliphatic carbocycles. The smallest absolute Gasteiger partial charge is 0.0240 e. The van der Waals surface area contributed by atoms with Gasteiger partial charge in [-0.1, -0.05) is 76.6 Å². The third-order valence-corrected chi connectivity index (χ3v) is 6.10. The first-order chi connectivity index (χ1) is 12.3. The van der Waals surface area contributed by atoms with E-state index in [1.807, 2.05) is 0 Å². The molecule has 25 heavy (non-hydrogen) atoms. The van der Waals surface area contributed by atoms with Crippen molar-refractivity contribution in [2.75, 3.05) is 5.33 Å². The van der Waals surface area contributed by atoms with Crippen LogP contribution < -0.4 is 0 Å². The Morgan fingerprint density at radius 1 is 0.760 bits per heavy atom. The zero-order valence-electron chi connectivity index (χ0n) is 15.1. The number of halogens is 1. The van der Waals surface area contributed by atoms with E-state index in [4.69, 9.17) is 0 Å². The van der Waals surface area contributed by atoms with Gasteiger partial charge < -0.3 is 0 Å². The molecule has 0 unspecified atom stereocenters. The van der Waals surface area contributed by atoms with Gasteiger partial charge in [-0.15, -0.1) is 0 Å². The van der Waals surface area contributed by atoms with Crippen molar-refractivity contribution < 1.29 is 0 Å². The lowest BCUT2D eigenvalue weighted by atomic mass is 9.82. The minimum Gasteiger partial charge on any atom is -0.292 e. The summed E-state index contributed by atoms with van der Waals surface area (Å²) < 4.78 is 0. The molecule has 0 heterocycles. The molecular formula is C23H30BrN. The Kier molecular flexibility index (Phi) is 7.56. The minimum absolute atomic E-state index is 0.723. The first-order valence-electron chi connectivity index (χ1n) is 9.73. The van der Waals surface area contributed by atoms with Gasteiger partial charge in [0.25, 0.3) is 0 Å². The summed E-state index contributed by atoms with van der Waals surface area (Å²) in [6.07, 6.45) is 8.23. The maximum atomic E-state index is 3.58. The molecule has 0 aromatic heterocycles. The Bertz CT molecular complexity index is 549. The molecule has 0 bridgehead atoms. The summed E-state index contributed by atoms with van der Waals surface area (Å²) in [6.45, 7) is 2.12. The fourth-order valence-corrected chi connectivity index (χ4v) is 4.44. The lowest BCUT2D eigenvalue weighted by molar-refractivity contribution is 0.119. The molecule has 1 fully saturated rings. The number of hydrogen-bond donors (Lipinski definition) is 0. The molecular weight excluding hydrogens is 370 g/mol. The van der Waals surface area contributed by atoms with Crippen LogP contribution in [0.4, 0.5) is 0 Å². The highest BCUT2D eigenvalue weighted by Gasteiger charge is 2.25. The van der Waals surface area contributed by atoms with Gasteiger partial charge in [0.1, 0.15) is 0 Å². The summed E-state index contributed by atoms with van der Waals surface area (Å²) in [5.41, 5.74) is 2.86. The molecule has 2 heteroatoms. The van der Waals surface area contributed by atoms with Gasteiger partial charge in [0, 0.05) is 24.5 Å². The standard InChI is InChI=1S/C23H30BrN/c24-17-7-12-20-13-15-23(16-14-20)25(18-21-8-3-1-4-9-21)19-22-10-5-2-6-11-22/h1-6,8-11,20,23H,7,12-19H2. The quantitative estimate of drug-likeness (QED) is 0.462. The molecule has 0 N–H and O–H groups in total. The molecule has 1 nitrogen and oxygen atoms in total. The van der Waals surface area contributed by atoms with Crippen molar-refractivity contribution in [1.29, 1.82) is 0 Å². The molecule has 134 valence electrons. The molecule has 0 amide bonds. The molecule has 3 rings (SSSR count). The minimum atomic E-state index is 0.723. The van der Waals surface area contributed by atoms with Gasteiger partial charge >= 0.3 is 0 Å². The van der Waals surface area contributed by atoms with E-state index in [1.165, 1.54) is 49.7 Å². The van der Waals surface area contributed by atoms with Crippen molar-refractivity contribution >= 4 is 15.9 Å². The van der Waals surface area contributed by atoms with Gasteiger partial charge in [-0.2, -0.15) is 0 Å². The largest absolute Gasteiger partial charge is 0.292 e. The maximum Gasteiger partial charge on any atom is 0.0240 e. The van der Waals surface area contributed by atoms with Gasteiger partial charge in [0.2, 0.25) is 0 Å². The van der Waals surface area contributed by atoms with E-state index in [9.17, 15) is 0 Å². The lowest BCUT2D eigenvalue weighted by Crippen LogP contribution is -2.37. The van der Waals surface area contributed by atoms with E-state index in [0.717, 1.165) is 30.4 Å². The van der Waals surface area contributed by atoms with E-state index in [0.29, 0.717) is 0 Å². The van der Waals surface area contributed by atoms with Crippen molar-refractivity contribution in [3.05, 3.63) is 71.8 Å². The summed E-state index contributed by atoms with van der Waals surface area (Å²) in [4.78, 5) is 2.71. The van der Waals surface area contributed by atoms with Crippen LogP contribution in [0.1, 0.15) is 49.7 Å². The van der Waals surface area contributed by atoms with E-state index in [1.54, 1.807) is 0 Å². The van der Waals surface area contributed by atoms with Crippen LogP contribution >= 0.6 is 15.9 Å². The van der Waals surface area contributed by atoms with Crippen LogP contribution in [0, 0.1) is 5.92 Å². The molecule has 0 saturated heterocycles. The second-order valence-corrected chi connectivity index (χ2v) is 8.17. The van der Waals surface area contributed by atoms with Gasteiger partial charge in [-0.05, 0) is 55.6 Å². The van der Waals surface area contributed by atoms with Crippen LogP contribution in [0.5, 0.6) is 0 Å². The molecule has 1 aliphatic rings. The zero-order valence-corrected chi connectivity index (χ0v) is 16.7. The van der Waals surface area contributed by atoms with Crippen molar-refractivity contribution in [2.45, 2.75) is 57.7 Å². The molecule has 0 spiro atoms. The summed E-state index contributed by atoms with van der Waals surface area (Å²) in [5.74, 6) is 0.948. The molecule has 0 radical (unpaired) electrons. The zero-order chi connectivity index (χ0) is 17.3. The highest BCUT2D eigenvalue weighted by molar-refractivity contribution is 9.09. The summed E-state index contributed by atoms with van der Waals surface area (Å²) >= 11 is 3.58. The number of benzene rings is 2. The Morgan fingerprint density at radius 3 is 1.76 bits per heavy atom. The van der Waals surface area contributed by atoms with Crippen LogP contribution in [0.15, 0.2) is 60.7 Å². The number of alkyl halides is 1. The fraction of sp³-hybridized carbons (Fsp3) is 0.478. The first kappa shape index (κ1) is 18.7. The third-order valence-electron chi connectivity index (χ3n) is 5.54. The highest BCUT2D eigenvalue weighted by Crippen LogP contribution is 2.32. The molecule has 2 aromatic carbocycles. The van der Waals surface area contributed by atoms with Gasteiger partial charge in [0.15, 0.2) is 0 Å². The van der Waals surface area contributed by atoms with Crippen molar-refractivity contribution in [3.63, 3.8) is 0 Å². The van der Waals surface area contributed by atoms with Crippen LogP contribution in [0.25, 0.3) is 0 Å². The van der Waals surface area contributed by atoms with Crippen LogP contribution in [0.3, 0.4) is 0 Å². The molecule has 2 aromatic rings. The molecule has 0 atom stereocenters. The average molecular weight is 400 g/mol. The predicted octanol–water partition coefficient (Wildman–Crippen LogP) is 6.42. The predicted molar refractivity (Wildman–Crippen MR) is 111 cm³/mol. The number of nitrogens with zero attached hydrogens (tertiary/aromatic N) is 1. The molecule has 1 saturated carbocycles. The summed E-state index contributed by atoms with van der Waals surface area (Å²) in [6, 6.07) is 22.6. The van der Waals surface area contributed by atoms with E-state index < -0.39 is 0 Å². The topological polar surface area (TPSA) is 3.24 Å². The van der Waals surface area contributed by atoms with Crippen LogP contribution in [-0.2, 0) is 13.1 Å². The Balaban J connectivity index is 1.64. The van der Waals surface area contributed by atoms with Crippen molar-refractivity contribution in [2.24, 2.45) is 5.92 Å². The number of hydrogen-bond acceptors (Lipinski definition) is 1. The van der Waals surface area contributed by atoms with Crippen molar-refractivity contribution in [3.8, 4) is 0 Å². The van der Waals surface area contributed by atoms with E-state index in [-0.39, 0.29) is 0 Å². The third kappa shape index (κ3) is 5.97. The summed E-state index contributed by atoms with van der Waals surface area (Å²) in [7, 11) is 0. The molecule has 0 aliphatic heterocycles. The lowest BCUT2D eigenvalue weighted by Gasteiger charge is -2.37. The first-order valence-corrected chi connectivity index (χ1v) is 10.8. The maximum absolute atomic E-state index is 3.58. The Labute approximate surface area is 161 Å². The van der Waals surface area contributed by atoms with Crippen LogP contribution in [-0.4, -0.2) is 16.3 Å². The van der Waals surface area contributed by atoms with Gasteiger partial charge in [-0.25, -0.2) is 0 Å².